The van der Waals surface area contributed by atoms with Crippen LogP contribution >= 0.6 is 15.9 Å². The van der Waals surface area contributed by atoms with Gasteiger partial charge in [-0.05, 0) is 24.6 Å². The van der Waals surface area contributed by atoms with E-state index in [2.05, 4.69) is 20.9 Å². The highest BCUT2D eigenvalue weighted by Crippen LogP contribution is 2.36. The molecule has 1 aromatic carbocycles. The van der Waals surface area contributed by atoms with Crippen molar-refractivity contribution in [3.63, 3.8) is 0 Å². The molecular weight excluding hydrogens is 306 g/mol. The monoisotopic (exact) mass is 317 g/mol. The van der Waals surface area contributed by atoms with E-state index >= 15 is 0 Å². The molecule has 4 N–H and O–H groups in total. The van der Waals surface area contributed by atoms with Crippen LogP contribution in [-0.2, 0) is 0 Å². The lowest BCUT2D eigenvalue weighted by atomic mass is 10.1. The average Bonchev–Trinajstić information content (AvgIpc) is 2.69. The van der Waals surface area contributed by atoms with E-state index in [1.54, 1.807) is 12.3 Å². The molecule has 0 aliphatic carbocycles. The summed E-state index contributed by atoms with van der Waals surface area (Å²) in [5, 5.41) is 0.791. The van der Waals surface area contributed by atoms with Crippen molar-refractivity contribution >= 4 is 38.5 Å². The van der Waals surface area contributed by atoms with Crippen LogP contribution in [0.2, 0.25) is 0 Å². The minimum Gasteiger partial charge on any atom is -0.436 e. The number of nitrogens with two attached hydrogens (primary N) is 2. The number of aryl methyl sites for hydroxylation is 1. The Kier molecular flexibility index (Phi) is 2.71. The van der Waals surface area contributed by atoms with Crippen LogP contribution in [0.25, 0.3) is 22.2 Å². The van der Waals surface area contributed by atoms with Crippen LogP contribution < -0.4 is 11.5 Å². The van der Waals surface area contributed by atoms with Crippen LogP contribution in [0, 0.1) is 6.92 Å². The molecule has 2 heterocycles. The predicted molar refractivity (Wildman–Crippen MR) is 80.7 cm³/mol. The van der Waals surface area contributed by atoms with Crippen molar-refractivity contribution in [2.75, 3.05) is 11.5 Å². The van der Waals surface area contributed by atoms with E-state index in [9.17, 15) is 0 Å². The van der Waals surface area contributed by atoms with Gasteiger partial charge in [-0.25, -0.2) is 0 Å². The molecule has 96 valence electrons. The van der Waals surface area contributed by atoms with Gasteiger partial charge in [-0.3, -0.25) is 4.98 Å². The molecule has 0 spiro atoms. The topological polar surface area (TPSA) is 78.1 Å². The van der Waals surface area contributed by atoms with Crippen LogP contribution in [0.15, 0.2) is 39.4 Å². The lowest BCUT2D eigenvalue weighted by Gasteiger charge is -2.04. The minimum absolute atomic E-state index is 0.232. The van der Waals surface area contributed by atoms with Gasteiger partial charge >= 0.3 is 0 Å². The molecule has 0 atom stereocenters. The molecule has 0 saturated carbocycles. The Morgan fingerprint density at radius 1 is 1.21 bits per heavy atom. The van der Waals surface area contributed by atoms with Gasteiger partial charge in [0.1, 0.15) is 11.4 Å². The van der Waals surface area contributed by atoms with Crippen molar-refractivity contribution in [1.29, 1.82) is 0 Å². The lowest BCUT2D eigenvalue weighted by Crippen LogP contribution is -1.89. The number of nitrogens with zero attached hydrogens (tertiary/aromatic N) is 1. The summed E-state index contributed by atoms with van der Waals surface area (Å²) >= 11 is 3.52. The summed E-state index contributed by atoms with van der Waals surface area (Å²) in [6.07, 6.45) is 1.71. The molecule has 0 fully saturated rings. The summed E-state index contributed by atoms with van der Waals surface area (Å²) in [5.41, 5.74) is 15.5. The summed E-state index contributed by atoms with van der Waals surface area (Å²) in [4.78, 5) is 4.38. The zero-order valence-corrected chi connectivity index (χ0v) is 11.9. The Morgan fingerprint density at radius 3 is 2.74 bits per heavy atom. The summed E-state index contributed by atoms with van der Waals surface area (Å²) in [5.74, 6) is 0.232. The Labute approximate surface area is 118 Å². The van der Waals surface area contributed by atoms with Crippen molar-refractivity contribution in [3.8, 4) is 11.3 Å². The fourth-order valence-corrected chi connectivity index (χ4v) is 2.39. The third-order valence-electron chi connectivity index (χ3n) is 3.12. The Bertz CT molecular complexity index is 780. The second kappa shape index (κ2) is 4.28. The molecule has 0 unspecified atom stereocenters. The molecule has 0 bridgehead atoms. The lowest BCUT2D eigenvalue weighted by molar-refractivity contribution is 0.638. The molecule has 0 aliphatic rings. The van der Waals surface area contributed by atoms with Crippen LogP contribution in [0.3, 0.4) is 0 Å². The average molecular weight is 318 g/mol. The number of rotatable bonds is 1. The summed E-state index contributed by atoms with van der Waals surface area (Å²) < 4.78 is 6.55. The van der Waals surface area contributed by atoms with Crippen molar-refractivity contribution in [2.24, 2.45) is 0 Å². The van der Waals surface area contributed by atoms with E-state index < -0.39 is 0 Å². The zero-order chi connectivity index (χ0) is 13.6. The van der Waals surface area contributed by atoms with Gasteiger partial charge in [-0.2, -0.15) is 0 Å². The Morgan fingerprint density at radius 2 is 2.00 bits per heavy atom. The number of nitrogen functional groups attached to an aromatic ring is 2. The normalized spacial score (nSPS) is 11.1. The molecule has 0 amide bonds. The number of hydrogen-bond acceptors (Lipinski definition) is 4. The van der Waals surface area contributed by atoms with E-state index in [0.29, 0.717) is 11.3 Å². The molecule has 4 nitrogen and oxygen atoms in total. The number of hydrogen-bond donors (Lipinski definition) is 2. The zero-order valence-electron chi connectivity index (χ0n) is 10.3. The van der Waals surface area contributed by atoms with Gasteiger partial charge in [0.25, 0.3) is 0 Å². The number of halogens is 1. The van der Waals surface area contributed by atoms with Crippen molar-refractivity contribution < 1.29 is 4.42 Å². The van der Waals surface area contributed by atoms with Gasteiger partial charge in [-0.1, -0.05) is 28.1 Å². The molecule has 0 saturated heterocycles. The second-order valence-electron chi connectivity index (χ2n) is 4.38. The summed E-state index contributed by atoms with van der Waals surface area (Å²) in [6, 6.07) is 7.83. The van der Waals surface area contributed by atoms with Gasteiger partial charge in [0.05, 0.1) is 0 Å². The number of benzene rings is 1. The van der Waals surface area contributed by atoms with E-state index in [0.717, 1.165) is 26.7 Å². The molecule has 0 aliphatic heterocycles. The second-order valence-corrected chi connectivity index (χ2v) is 5.23. The van der Waals surface area contributed by atoms with Gasteiger partial charge in [0.15, 0.2) is 5.58 Å². The number of fused-ring (bicyclic) bond motifs is 1. The first-order chi connectivity index (χ1) is 9.08. The van der Waals surface area contributed by atoms with Gasteiger partial charge in [0, 0.05) is 21.6 Å². The highest BCUT2D eigenvalue weighted by atomic mass is 79.9. The number of furan rings is 1. The molecule has 3 rings (SSSR count). The first-order valence-electron chi connectivity index (χ1n) is 5.77. The summed E-state index contributed by atoms with van der Waals surface area (Å²) in [7, 11) is 0. The fraction of sp³-hybridized carbons (Fsp3) is 0.0714. The van der Waals surface area contributed by atoms with E-state index in [4.69, 9.17) is 15.9 Å². The maximum Gasteiger partial charge on any atom is 0.214 e. The highest BCUT2D eigenvalue weighted by Gasteiger charge is 2.14. The number of aromatic nitrogens is 1. The molecular formula is C14H12BrN3O. The molecule has 3 aromatic rings. The smallest absolute Gasteiger partial charge is 0.214 e. The van der Waals surface area contributed by atoms with Crippen LogP contribution in [0.4, 0.5) is 11.6 Å². The largest absolute Gasteiger partial charge is 0.436 e. The maximum absolute atomic E-state index is 5.88. The van der Waals surface area contributed by atoms with Crippen LogP contribution in [0.5, 0.6) is 0 Å². The molecule has 2 aromatic heterocycles. The predicted octanol–water partition coefficient (Wildman–Crippen LogP) is 3.73. The van der Waals surface area contributed by atoms with Crippen molar-refractivity contribution in [2.45, 2.75) is 6.92 Å². The van der Waals surface area contributed by atoms with Gasteiger partial charge < -0.3 is 15.9 Å². The first-order valence-corrected chi connectivity index (χ1v) is 6.56. The molecule has 0 radical (unpaired) electrons. The SMILES string of the molecule is Cc1ccc(-c2nccc3c(N)c(N)oc23)cc1Br. The summed E-state index contributed by atoms with van der Waals surface area (Å²) in [6.45, 7) is 2.03. The van der Waals surface area contributed by atoms with E-state index in [1.165, 1.54) is 0 Å². The third-order valence-corrected chi connectivity index (χ3v) is 3.97. The standard InChI is InChI=1S/C14H12BrN3O/c1-7-2-3-8(6-10(7)15)12-13-9(4-5-18-12)11(16)14(17)19-13/h2-6H,16-17H2,1H3. The first kappa shape index (κ1) is 12.0. The maximum atomic E-state index is 5.88. The number of anilines is 2. The van der Waals surface area contributed by atoms with Crippen LogP contribution in [0.1, 0.15) is 5.56 Å². The van der Waals surface area contributed by atoms with Gasteiger partial charge in [-0.15, -0.1) is 0 Å². The fourth-order valence-electron chi connectivity index (χ4n) is 2.01. The van der Waals surface area contributed by atoms with Crippen molar-refractivity contribution in [3.05, 3.63) is 40.5 Å². The Hall–Kier alpha value is -2.01. The quantitative estimate of drug-likeness (QED) is 0.716. The molecule has 19 heavy (non-hydrogen) atoms. The van der Waals surface area contributed by atoms with Crippen molar-refractivity contribution in [1.82, 2.24) is 4.98 Å². The minimum atomic E-state index is 0.232. The van der Waals surface area contributed by atoms with Gasteiger partial charge in [0.2, 0.25) is 5.88 Å². The van der Waals surface area contributed by atoms with E-state index in [1.807, 2.05) is 25.1 Å². The highest BCUT2D eigenvalue weighted by molar-refractivity contribution is 9.10. The third kappa shape index (κ3) is 1.86. The van der Waals surface area contributed by atoms with E-state index in [-0.39, 0.29) is 5.88 Å². The molecule has 5 heteroatoms. The Balaban J connectivity index is 2.30. The number of pyridine rings is 1. The van der Waals surface area contributed by atoms with Crippen LogP contribution in [-0.4, -0.2) is 4.98 Å².